The first-order chi connectivity index (χ1) is 9.61. The Morgan fingerprint density at radius 3 is 2.43 bits per heavy atom. The summed E-state index contributed by atoms with van der Waals surface area (Å²) >= 11 is 0. The third-order valence-corrected chi connectivity index (χ3v) is 4.36. The van der Waals surface area contributed by atoms with Crippen LogP contribution in [0.4, 0.5) is 18.9 Å². The monoisotopic (exact) mass is 319 g/mol. The van der Waals surface area contributed by atoms with Gasteiger partial charge in [0.05, 0.1) is 23.1 Å². The van der Waals surface area contributed by atoms with Crippen LogP contribution in [0.25, 0.3) is 0 Å². The summed E-state index contributed by atoms with van der Waals surface area (Å²) in [6, 6.07) is 2.88. The van der Waals surface area contributed by atoms with Crippen molar-refractivity contribution in [3.8, 4) is 0 Å². The van der Waals surface area contributed by atoms with Crippen LogP contribution in [0.1, 0.15) is 16.8 Å². The number of alkyl halides is 3. The van der Waals surface area contributed by atoms with E-state index in [1.54, 1.807) is 0 Å². The lowest BCUT2D eigenvalue weighted by Crippen LogP contribution is -2.15. The molecule has 0 aliphatic rings. The second kappa shape index (κ2) is 5.06. The Hall–Kier alpha value is -2.03. The van der Waals surface area contributed by atoms with Crippen molar-refractivity contribution in [3.63, 3.8) is 0 Å². The molecule has 0 radical (unpaired) electrons. The van der Waals surface area contributed by atoms with Gasteiger partial charge in [0.1, 0.15) is 4.90 Å². The smallest absolute Gasteiger partial charge is 0.281 e. The molecule has 2 rings (SSSR count). The molecule has 9 heteroatoms. The molecule has 0 atom stereocenters. The maximum Gasteiger partial charge on any atom is 0.416 e. The number of H-pyrrole nitrogens is 1. The van der Waals surface area contributed by atoms with Crippen LogP contribution in [0, 0.1) is 13.8 Å². The van der Waals surface area contributed by atoms with E-state index in [0.717, 1.165) is 18.3 Å². The fourth-order valence-electron chi connectivity index (χ4n) is 1.72. The highest BCUT2D eigenvalue weighted by Gasteiger charge is 2.31. The SMILES string of the molecule is Cc1ccc(C(F)(F)F)cc1NS(=O)(=O)c1cn[nH]c1C. The zero-order valence-electron chi connectivity index (χ0n) is 11.1. The van der Waals surface area contributed by atoms with Gasteiger partial charge in [-0.25, -0.2) is 8.42 Å². The van der Waals surface area contributed by atoms with E-state index in [-0.39, 0.29) is 10.6 Å². The van der Waals surface area contributed by atoms with Crippen molar-refractivity contribution in [1.82, 2.24) is 10.2 Å². The van der Waals surface area contributed by atoms with Crippen molar-refractivity contribution < 1.29 is 21.6 Å². The predicted molar refractivity (Wildman–Crippen MR) is 70.3 cm³/mol. The Labute approximate surface area is 119 Å². The second-order valence-corrected chi connectivity index (χ2v) is 6.14. The maximum absolute atomic E-state index is 12.7. The summed E-state index contributed by atoms with van der Waals surface area (Å²) in [7, 11) is -4.00. The van der Waals surface area contributed by atoms with Gasteiger partial charge in [-0.1, -0.05) is 6.07 Å². The first kappa shape index (κ1) is 15.4. The Bertz CT molecular complexity index is 766. The van der Waals surface area contributed by atoms with E-state index < -0.39 is 21.8 Å². The van der Waals surface area contributed by atoms with E-state index in [2.05, 4.69) is 14.9 Å². The van der Waals surface area contributed by atoms with Crippen molar-refractivity contribution >= 4 is 15.7 Å². The van der Waals surface area contributed by atoms with Gasteiger partial charge in [0.25, 0.3) is 10.0 Å². The molecule has 1 aromatic carbocycles. The van der Waals surface area contributed by atoms with Gasteiger partial charge in [-0.15, -0.1) is 0 Å². The Balaban J connectivity index is 2.42. The number of hydrogen-bond acceptors (Lipinski definition) is 3. The lowest BCUT2D eigenvalue weighted by atomic mass is 10.1. The summed E-state index contributed by atoms with van der Waals surface area (Å²) in [6.07, 6.45) is -3.44. The minimum Gasteiger partial charge on any atom is -0.281 e. The lowest BCUT2D eigenvalue weighted by Gasteiger charge is -2.13. The first-order valence-electron chi connectivity index (χ1n) is 5.82. The van der Waals surface area contributed by atoms with E-state index >= 15 is 0 Å². The van der Waals surface area contributed by atoms with E-state index in [1.807, 2.05) is 0 Å². The van der Waals surface area contributed by atoms with Crippen LogP contribution in [0.3, 0.4) is 0 Å². The Morgan fingerprint density at radius 1 is 1.24 bits per heavy atom. The molecule has 0 bridgehead atoms. The summed E-state index contributed by atoms with van der Waals surface area (Å²) in [5.41, 5.74) is -0.361. The normalized spacial score (nSPS) is 12.4. The molecule has 0 aliphatic heterocycles. The second-order valence-electron chi connectivity index (χ2n) is 4.49. The standard InChI is InChI=1S/C12H12F3N3O2S/c1-7-3-4-9(12(13,14)15)5-10(7)18-21(19,20)11-6-16-17-8(11)2/h3-6,18H,1-2H3,(H,16,17). The van der Waals surface area contributed by atoms with Crippen LogP contribution >= 0.6 is 0 Å². The molecule has 1 heterocycles. The lowest BCUT2D eigenvalue weighted by molar-refractivity contribution is -0.137. The summed E-state index contributed by atoms with van der Waals surface area (Å²) in [5, 5.41) is 6.05. The third-order valence-electron chi connectivity index (χ3n) is 2.88. The molecule has 1 aromatic heterocycles. The predicted octanol–water partition coefficient (Wildman–Crippen LogP) is 2.85. The fourth-order valence-corrected chi connectivity index (χ4v) is 2.98. The number of nitrogens with one attached hydrogen (secondary N) is 2. The maximum atomic E-state index is 12.7. The molecule has 0 amide bonds. The van der Waals surface area contributed by atoms with Crippen LogP contribution in [0.5, 0.6) is 0 Å². The fraction of sp³-hybridized carbons (Fsp3) is 0.250. The van der Waals surface area contributed by atoms with E-state index in [0.29, 0.717) is 11.3 Å². The number of benzene rings is 1. The van der Waals surface area contributed by atoms with Gasteiger partial charge in [-0.05, 0) is 31.5 Å². The number of aromatic amines is 1. The topological polar surface area (TPSA) is 74.8 Å². The molecule has 0 aliphatic carbocycles. The van der Waals surface area contributed by atoms with Gasteiger partial charge in [-0.2, -0.15) is 18.3 Å². The summed E-state index contributed by atoms with van der Waals surface area (Å²) in [4.78, 5) is -0.112. The number of halogens is 3. The summed E-state index contributed by atoms with van der Waals surface area (Å²) < 4.78 is 64.5. The Morgan fingerprint density at radius 2 is 1.90 bits per heavy atom. The van der Waals surface area contributed by atoms with Gasteiger partial charge in [-0.3, -0.25) is 9.82 Å². The van der Waals surface area contributed by atoms with Crippen molar-refractivity contribution in [1.29, 1.82) is 0 Å². The molecule has 0 saturated heterocycles. The zero-order chi connectivity index (χ0) is 15.8. The number of nitrogens with zero attached hydrogens (tertiary/aromatic N) is 1. The molecule has 0 unspecified atom stereocenters. The van der Waals surface area contributed by atoms with Crippen LogP contribution in [-0.4, -0.2) is 18.6 Å². The quantitative estimate of drug-likeness (QED) is 0.913. The molecule has 0 spiro atoms. The minimum absolute atomic E-state index is 0.112. The number of rotatable bonds is 3. The minimum atomic E-state index is -4.54. The van der Waals surface area contributed by atoms with Crippen molar-refractivity contribution in [2.24, 2.45) is 0 Å². The zero-order valence-corrected chi connectivity index (χ0v) is 11.9. The molecule has 5 nitrogen and oxygen atoms in total. The number of aryl methyl sites for hydroxylation is 2. The van der Waals surface area contributed by atoms with E-state index in [1.165, 1.54) is 19.9 Å². The first-order valence-corrected chi connectivity index (χ1v) is 7.30. The molecule has 114 valence electrons. The third kappa shape index (κ3) is 3.18. The largest absolute Gasteiger partial charge is 0.416 e. The van der Waals surface area contributed by atoms with Crippen LogP contribution in [-0.2, 0) is 16.2 Å². The number of anilines is 1. The highest BCUT2D eigenvalue weighted by molar-refractivity contribution is 7.92. The Kier molecular flexibility index (Phi) is 3.70. The average molecular weight is 319 g/mol. The highest BCUT2D eigenvalue weighted by Crippen LogP contribution is 2.32. The summed E-state index contributed by atoms with van der Waals surface area (Å²) in [6.45, 7) is 3.01. The van der Waals surface area contributed by atoms with Gasteiger partial charge >= 0.3 is 6.18 Å². The number of aromatic nitrogens is 2. The van der Waals surface area contributed by atoms with Crippen molar-refractivity contribution in [2.75, 3.05) is 4.72 Å². The van der Waals surface area contributed by atoms with Crippen molar-refractivity contribution in [3.05, 3.63) is 41.2 Å². The number of hydrogen-bond donors (Lipinski definition) is 2. The van der Waals surface area contributed by atoms with Crippen LogP contribution < -0.4 is 4.72 Å². The van der Waals surface area contributed by atoms with E-state index in [4.69, 9.17) is 0 Å². The molecule has 21 heavy (non-hydrogen) atoms. The van der Waals surface area contributed by atoms with E-state index in [9.17, 15) is 21.6 Å². The van der Waals surface area contributed by atoms with Crippen LogP contribution in [0.15, 0.2) is 29.3 Å². The van der Waals surface area contributed by atoms with Gasteiger partial charge in [0.2, 0.25) is 0 Å². The number of sulfonamides is 1. The molecule has 2 aromatic rings. The van der Waals surface area contributed by atoms with Crippen molar-refractivity contribution in [2.45, 2.75) is 24.9 Å². The molecular weight excluding hydrogens is 307 g/mol. The van der Waals surface area contributed by atoms with Crippen LogP contribution in [0.2, 0.25) is 0 Å². The molecular formula is C12H12F3N3O2S. The van der Waals surface area contributed by atoms with Gasteiger partial charge in [0.15, 0.2) is 0 Å². The van der Waals surface area contributed by atoms with Gasteiger partial charge in [0, 0.05) is 0 Å². The average Bonchev–Trinajstić information content (AvgIpc) is 2.77. The molecule has 2 N–H and O–H groups in total. The molecule has 0 saturated carbocycles. The summed E-state index contributed by atoms with van der Waals surface area (Å²) in [5.74, 6) is 0. The highest BCUT2D eigenvalue weighted by atomic mass is 32.2. The molecule has 0 fully saturated rings. The van der Waals surface area contributed by atoms with Gasteiger partial charge < -0.3 is 0 Å².